The van der Waals surface area contributed by atoms with Crippen molar-refractivity contribution in [3.8, 4) is 5.75 Å². The monoisotopic (exact) mass is 599 g/mol. The second-order valence-electron chi connectivity index (χ2n) is 9.74. The van der Waals surface area contributed by atoms with Crippen LogP contribution >= 0.6 is 11.6 Å². The van der Waals surface area contributed by atoms with Crippen molar-refractivity contribution in [3.05, 3.63) is 101 Å². The lowest BCUT2D eigenvalue weighted by molar-refractivity contribution is -0.137. The Morgan fingerprint density at radius 2 is 1.82 bits per heavy atom. The van der Waals surface area contributed by atoms with E-state index in [1.54, 1.807) is 26.0 Å². The third-order valence-corrected chi connectivity index (χ3v) is 8.62. The predicted molar refractivity (Wildman–Crippen MR) is 143 cm³/mol. The Kier molecular flexibility index (Phi) is 8.13. The van der Waals surface area contributed by atoms with Crippen molar-refractivity contribution < 1.29 is 40.6 Å². The Bertz CT molecular complexity index is 1520. The maximum Gasteiger partial charge on any atom is 0.416 e. The molecule has 3 aromatic carbocycles. The molecule has 0 saturated carbocycles. The minimum absolute atomic E-state index is 0.107. The Labute approximate surface area is 234 Å². The first-order chi connectivity index (χ1) is 18.6. The molecular formula is C28H26ClF4NO5S. The smallest absolute Gasteiger partial charge is 0.416 e. The van der Waals surface area contributed by atoms with Crippen LogP contribution in [0.25, 0.3) is 0 Å². The molecule has 1 heterocycles. The maximum atomic E-state index is 14.2. The first-order valence-corrected chi connectivity index (χ1v) is 13.9. The average Bonchev–Trinajstić information content (AvgIpc) is 2.87. The largest absolute Gasteiger partial charge is 0.510 e. The minimum atomic E-state index is -4.75. The van der Waals surface area contributed by atoms with Crippen LogP contribution in [0.4, 0.5) is 23.2 Å². The van der Waals surface area contributed by atoms with E-state index in [4.69, 9.17) is 21.1 Å². The normalized spacial score (nSPS) is 16.0. The highest BCUT2D eigenvalue weighted by atomic mass is 35.5. The van der Waals surface area contributed by atoms with Crippen LogP contribution in [0, 0.1) is 5.82 Å². The lowest BCUT2D eigenvalue weighted by Gasteiger charge is -2.38. The number of hydrogen-bond donors (Lipinski definition) is 1. The van der Waals surface area contributed by atoms with Crippen LogP contribution in [0.2, 0.25) is 5.02 Å². The Morgan fingerprint density at radius 1 is 1.12 bits per heavy atom. The molecule has 6 nitrogen and oxygen atoms in total. The molecule has 1 N–H and O–H groups in total. The van der Waals surface area contributed by atoms with Gasteiger partial charge < -0.3 is 14.6 Å². The predicted octanol–water partition coefficient (Wildman–Crippen LogP) is 7.06. The molecule has 0 radical (unpaired) electrons. The van der Waals surface area contributed by atoms with Crippen LogP contribution in [-0.4, -0.2) is 31.8 Å². The Balaban J connectivity index is 1.74. The third-order valence-electron chi connectivity index (χ3n) is 6.49. The first-order valence-electron chi connectivity index (χ1n) is 12.0. The van der Waals surface area contributed by atoms with Gasteiger partial charge in [-0.05, 0) is 55.8 Å². The molecule has 0 aromatic heterocycles. The standard InChI is InChI=1S/C28H26ClF4NO5S/c1-17(35)27(2,3)39-21-12-18-10-11-20(38-16-23-24(29)8-5-9-25(23)30)14-26(18)34(15-21)40(36,37)22-7-4-6-19(13-22)28(31,32)33/h4-11,13-14,21,35H,1,12,15-16H2,2-3H3/t21-/m1/s1. The van der Waals surface area contributed by atoms with Crippen molar-refractivity contribution in [3.63, 3.8) is 0 Å². The molecule has 0 amide bonds. The molecule has 0 spiro atoms. The summed E-state index contributed by atoms with van der Waals surface area (Å²) < 4.78 is 94.6. The second-order valence-corrected chi connectivity index (χ2v) is 12.0. The number of aliphatic hydroxyl groups is 1. The number of ether oxygens (including phenoxy) is 2. The molecule has 1 aliphatic rings. The zero-order chi connectivity index (χ0) is 29.5. The summed E-state index contributed by atoms with van der Waals surface area (Å²) in [4.78, 5) is -0.566. The molecule has 1 aliphatic heterocycles. The van der Waals surface area contributed by atoms with Crippen molar-refractivity contribution in [1.29, 1.82) is 0 Å². The number of aliphatic hydroxyl groups excluding tert-OH is 1. The van der Waals surface area contributed by atoms with Gasteiger partial charge in [0.15, 0.2) is 0 Å². The second kappa shape index (κ2) is 10.9. The van der Waals surface area contributed by atoms with E-state index in [-0.39, 0.29) is 47.4 Å². The fourth-order valence-corrected chi connectivity index (χ4v) is 6.00. The van der Waals surface area contributed by atoms with Crippen molar-refractivity contribution in [2.45, 2.75) is 49.7 Å². The summed E-state index contributed by atoms with van der Waals surface area (Å²) in [5.41, 5.74) is -1.57. The molecular weight excluding hydrogens is 574 g/mol. The molecule has 0 saturated heterocycles. The first kappa shape index (κ1) is 29.7. The van der Waals surface area contributed by atoms with E-state index < -0.39 is 44.2 Å². The Hall–Kier alpha value is -3.28. The highest BCUT2D eigenvalue weighted by molar-refractivity contribution is 7.92. The molecule has 40 heavy (non-hydrogen) atoms. The topological polar surface area (TPSA) is 76.1 Å². The van der Waals surface area contributed by atoms with Gasteiger partial charge in [-0.1, -0.05) is 36.4 Å². The SMILES string of the molecule is C=C(O)C(C)(C)O[C@@H]1Cc2ccc(OCc3c(F)cccc3Cl)cc2N(S(=O)(=O)c2cccc(C(F)(F)F)c2)C1. The maximum absolute atomic E-state index is 14.2. The van der Waals surface area contributed by atoms with Crippen LogP contribution in [0.3, 0.4) is 0 Å². The number of sulfonamides is 1. The van der Waals surface area contributed by atoms with E-state index in [1.165, 1.54) is 24.3 Å². The lowest BCUT2D eigenvalue weighted by Crippen LogP contribution is -2.46. The van der Waals surface area contributed by atoms with Gasteiger partial charge in [-0.25, -0.2) is 12.8 Å². The van der Waals surface area contributed by atoms with Gasteiger partial charge >= 0.3 is 6.18 Å². The van der Waals surface area contributed by atoms with E-state index in [0.717, 1.165) is 22.5 Å². The summed E-state index contributed by atoms with van der Waals surface area (Å²) in [7, 11) is -4.53. The van der Waals surface area contributed by atoms with Crippen molar-refractivity contribution in [1.82, 2.24) is 0 Å². The average molecular weight is 600 g/mol. The van der Waals surface area contributed by atoms with Gasteiger partial charge in [0, 0.05) is 18.1 Å². The number of hydrogen-bond acceptors (Lipinski definition) is 5. The minimum Gasteiger partial charge on any atom is -0.510 e. The van der Waals surface area contributed by atoms with E-state index in [0.29, 0.717) is 11.6 Å². The van der Waals surface area contributed by atoms with E-state index >= 15 is 0 Å². The summed E-state index contributed by atoms with van der Waals surface area (Å²) in [6.45, 7) is 6.09. The molecule has 4 rings (SSSR count). The number of fused-ring (bicyclic) bond motifs is 1. The molecule has 3 aromatic rings. The summed E-state index contributed by atoms with van der Waals surface area (Å²) in [6, 6.07) is 12.2. The quantitative estimate of drug-likeness (QED) is 0.222. The van der Waals surface area contributed by atoms with Crippen LogP contribution in [-0.2, 0) is 34.0 Å². The van der Waals surface area contributed by atoms with Crippen LogP contribution in [0.5, 0.6) is 5.75 Å². The molecule has 0 fully saturated rings. The molecule has 214 valence electrons. The molecule has 0 aliphatic carbocycles. The van der Waals surface area contributed by atoms with Crippen molar-refractivity contribution in [2.24, 2.45) is 0 Å². The van der Waals surface area contributed by atoms with Crippen molar-refractivity contribution >= 4 is 27.3 Å². The highest BCUT2D eigenvalue weighted by Gasteiger charge is 2.38. The van der Waals surface area contributed by atoms with Gasteiger partial charge in [0.2, 0.25) is 0 Å². The molecule has 12 heteroatoms. The van der Waals surface area contributed by atoms with Gasteiger partial charge in [0.25, 0.3) is 10.0 Å². The van der Waals surface area contributed by atoms with Crippen LogP contribution < -0.4 is 9.04 Å². The Morgan fingerprint density at radius 3 is 2.48 bits per heavy atom. The number of nitrogens with zero attached hydrogens (tertiary/aromatic N) is 1. The van der Waals surface area contributed by atoms with Crippen molar-refractivity contribution in [2.75, 3.05) is 10.8 Å². The summed E-state index contributed by atoms with van der Waals surface area (Å²) >= 11 is 6.07. The van der Waals surface area contributed by atoms with E-state index in [9.17, 15) is 31.1 Å². The van der Waals surface area contributed by atoms with Crippen LogP contribution in [0.1, 0.15) is 30.5 Å². The van der Waals surface area contributed by atoms with Gasteiger partial charge in [-0.15, -0.1) is 0 Å². The van der Waals surface area contributed by atoms with E-state index in [1.807, 2.05) is 0 Å². The third kappa shape index (κ3) is 6.21. The molecule has 1 atom stereocenters. The fourth-order valence-electron chi connectivity index (χ4n) is 4.21. The zero-order valence-corrected chi connectivity index (χ0v) is 23.1. The van der Waals surface area contributed by atoms with Gasteiger partial charge in [-0.3, -0.25) is 4.31 Å². The van der Waals surface area contributed by atoms with Gasteiger partial charge in [-0.2, -0.15) is 13.2 Å². The zero-order valence-electron chi connectivity index (χ0n) is 21.5. The molecule has 0 bridgehead atoms. The van der Waals surface area contributed by atoms with Gasteiger partial charge in [0.05, 0.1) is 33.8 Å². The number of halogens is 5. The fraction of sp³-hybridized carbons (Fsp3) is 0.286. The number of anilines is 1. The van der Waals surface area contributed by atoms with Gasteiger partial charge in [0.1, 0.15) is 29.5 Å². The summed E-state index contributed by atoms with van der Waals surface area (Å²) in [5, 5.41) is 10.1. The number of alkyl halides is 3. The highest BCUT2D eigenvalue weighted by Crippen LogP contribution is 2.38. The number of rotatable bonds is 8. The van der Waals surface area contributed by atoms with E-state index in [2.05, 4.69) is 6.58 Å². The van der Waals surface area contributed by atoms with Crippen LogP contribution in [0.15, 0.2) is 77.9 Å². The summed E-state index contributed by atoms with van der Waals surface area (Å²) in [5.74, 6) is -0.667. The number of benzene rings is 3. The molecule has 0 unspecified atom stereocenters. The summed E-state index contributed by atoms with van der Waals surface area (Å²) in [6.07, 6.45) is -5.31. The lowest BCUT2D eigenvalue weighted by atomic mass is 9.99.